The second-order valence-electron chi connectivity index (χ2n) is 4.65. The lowest BCUT2D eigenvalue weighted by Gasteiger charge is -2.20. The maximum absolute atomic E-state index is 12.5. The van der Waals surface area contributed by atoms with Crippen molar-refractivity contribution in [3.63, 3.8) is 0 Å². The molecule has 1 amide bonds. The first kappa shape index (κ1) is 14.2. The fourth-order valence-corrected chi connectivity index (χ4v) is 3.67. The molecule has 108 valence electrons. The molecule has 1 aliphatic heterocycles. The minimum absolute atomic E-state index is 0.174. The molecular weight excluding hydrogens is 312 g/mol. The molecule has 3 rings (SSSR count). The Bertz CT molecular complexity index is 737. The number of aromatic nitrogens is 1. The van der Waals surface area contributed by atoms with Gasteiger partial charge in [0.1, 0.15) is 16.9 Å². The van der Waals surface area contributed by atoms with Crippen molar-refractivity contribution in [2.45, 2.75) is 6.04 Å². The van der Waals surface area contributed by atoms with Gasteiger partial charge >= 0.3 is 5.97 Å². The van der Waals surface area contributed by atoms with E-state index in [1.165, 1.54) is 16.7 Å². The van der Waals surface area contributed by atoms with Crippen LogP contribution in [-0.4, -0.2) is 44.5 Å². The highest BCUT2D eigenvalue weighted by molar-refractivity contribution is 7.99. The smallest absolute Gasteiger partial charge is 0.327 e. The van der Waals surface area contributed by atoms with Crippen LogP contribution in [-0.2, 0) is 4.79 Å². The van der Waals surface area contributed by atoms with E-state index in [1.54, 1.807) is 6.07 Å². The molecule has 1 fully saturated rings. The molecule has 5 nitrogen and oxygen atoms in total. The summed E-state index contributed by atoms with van der Waals surface area (Å²) in [5, 5.41) is 11.0. The number of thioether (sulfide) groups is 1. The van der Waals surface area contributed by atoms with Gasteiger partial charge in [-0.1, -0.05) is 35.9 Å². The van der Waals surface area contributed by atoms with E-state index in [-0.39, 0.29) is 10.8 Å². The molecule has 0 spiro atoms. The summed E-state index contributed by atoms with van der Waals surface area (Å²) in [5.41, 5.74) is 0.174. The Morgan fingerprint density at radius 2 is 2.14 bits per heavy atom. The minimum atomic E-state index is -1.000. The van der Waals surface area contributed by atoms with Crippen LogP contribution >= 0.6 is 23.4 Å². The number of hydrogen-bond acceptors (Lipinski definition) is 4. The lowest BCUT2D eigenvalue weighted by Crippen LogP contribution is -2.42. The van der Waals surface area contributed by atoms with Crippen molar-refractivity contribution in [2.24, 2.45) is 0 Å². The van der Waals surface area contributed by atoms with E-state index in [2.05, 4.69) is 4.98 Å². The maximum Gasteiger partial charge on any atom is 0.327 e. The normalized spacial score (nSPS) is 18.1. The largest absolute Gasteiger partial charge is 0.480 e. The third-order valence-electron chi connectivity index (χ3n) is 3.34. The SMILES string of the molecule is O=C(O)C1CSCN1C(=O)c1cc2ccccc2c(Cl)n1. The zero-order valence-electron chi connectivity index (χ0n) is 10.8. The summed E-state index contributed by atoms with van der Waals surface area (Å²) in [7, 11) is 0. The van der Waals surface area contributed by atoms with Crippen molar-refractivity contribution in [3.8, 4) is 0 Å². The molecule has 2 aromatic rings. The summed E-state index contributed by atoms with van der Waals surface area (Å²) in [4.78, 5) is 29.1. The Morgan fingerprint density at radius 1 is 1.38 bits per heavy atom. The van der Waals surface area contributed by atoms with Crippen LogP contribution in [0.3, 0.4) is 0 Å². The van der Waals surface area contributed by atoms with Crippen molar-refractivity contribution < 1.29 is 14.7 Å². The van der Waals surface area contributed by atoms with E-state index in [1.807, 2.05) is 24.3 Å². The quantitative estimate of drug-likeness (QED) is 0.860. The molecule has 2 heterocycles. The number of fused-ring (bicyclic) bond motifs is 1. The minimum Gasteiger partial charge on any atom is -0.480 e. The third-order valence-corrected chi connectivity index (χ3v) is 4.64. The number of rotatable bonds is 2. The molecule has 1 saturated heterocycles. The maximum atomic E-state index is 12.5. The Morgan fingerprint density at radius 3 is 2.90 bits per heavy atom. The standard InChI is InChI=1S/C14H11ClN2O3S/c15-12-9-4-2-1-3-8(9)5-10(16-12)13(18)17-7-21-6-11(17)14(19)20/h1-5,11H,6-7H2,(H,19,20). The van der Waals surface area contributed by atoms with Crippen molar-refractivity contribution in [2.75, 3.05) is 11.6 Å². The van der Waals surface area contributed by atoms with Gasteiger partial charge in [-0.15, -0.1) is 11.8 Å². The van der Waals surface area contributed by atoms with Crippen LogP contribution in [0.4, 0.5) is 0 Å². The van der Waals surface area contributed by atoms with Crippen LogP contribution in [0.1, 0.15) is 10.5 Å². The molecule has 0 radical (unpaired) electrons. The predicted octanol–water partition coefficient (Wildman–Crippen LogP) is 2.49. The summed E-state index contributed by atoms with van der Waals surface area (Å²) < 4.78 is 0. The van der Waals surface area contributed by atoms with Crippen LogP contribution in [0.25, 0.3) is 10.8 Å². The molecule has 0 saturated carbocycles. The van der Waals surface area contributed by atoms with Crippen LogP contribution in [0, 0.1) is 0 Å². The number of halogens is 1. The molecule has 7 heteroatoms. The number of aliphatic carboxylic acids is 1. The first-order valence-corrected chi connectivity index (χ1v) is 7.78. The number of carboxylic acids is 1. The van der Waals surface area contributed by atoms with E-state index in [4.69, 9.17) is 16.7 Å². The molecule has 0 bridgehead atoms. The summed E-state index contributed by atoms with van der Waals surface area (Å²) in [6.45, 7) is 0. The van der Waals surface area contributed by atoms with Gasteiger partial charge in [0.25, 0.3) is 5.91 Å². The molecule has 1 aromatic carbocycles. The molecule has 0 aliphatic carbocycles. The zero-order valence-corrected chi connectivity index (χ0v) is 12.4. The fraction of sp³-hybridized carbons (Fsp3) is 0.214. The highest BCUT2D eigenvalue weighted by atomic mass is 35.5. The van der Waals surface area contributed by atoms with Crippen molar-refractivity contribution in [1.29, 1.82) is 0 Å². The second-order valence-corrected chi connectivity index (χ2v) is 6.01. The van der Waals surface area contributed by atoms with Crippen molar-refractivity contribution in [3.05, 3.63) is 41.2 Å². The van der Waals surface area contributed by atoms with E-state index in [0.717, 1.165) is 10.8 Å². The summed E-state index contributed by atoms with van der Waals surface area (Å²) in [5.74, 6) is -0.662. The highest BCUT2D eigenvalue weighted by Crippen LogP contribution is 2.26. The number of nitrogens with zero attached hydrogens (tertiary/aromatic N) is 2. The molecular formula is C14H11ClN2O3S. The number of pyridine rings is 1. The second kappa shape index (κ2) is 5.54. The van der Waals surface area contributed by atoms with Gasteiger partial charge in [-0.25, -0.2) is 9.78 Å². The van der Waals surface area contributed by atoms with Crippen molar-refractivity contribution in [1.82, 2.24) is 9.88 Å². The van der Waals surface area contributed by atoms with Crippen LogP contribution < -0.4 is 0 Å². The fourth-order valence-electron chi connectivity index (χ4n) is 2.26. The lowest BCUT2D eigenvalue weighted by molar-refractivity contribution is -0.140. The number of carbonyl (C=O) groups excluding carboxylic acids is 1. The summed E-state index contributed by atoms with van der Waals surface area (Å²) in [6, 6.07) is 8.19. The lowest BCUT2D eigenvalue weighted by atomic mass is 10.1. The predicted molar refractivity (Wildman–Crippen MR) is 81.7 cm³/mol. The number of carbonyl (C=O) groups is 2. The van der Waals surface area contributed by atoms with Gasteiger partial charge in [0.2, 0.25) is 0 Å². The topological polar surface area (TPSA) is 70.5 Å². The number of amides is 1. The van der Waals surface area contributed by atoms with Crippen molar-refractivity contribution >= 4 is 46.0 Å². The zero-order chi connectivity index (χ0) is 15.0. The summed E-state index contributed by atoms with van der Waals surface area (Å²) >= 11 is 7.52. The third kappa shape index (κ3) is 2.56. The van der Waals surface area contributed by atoms with E-state index in [9.17, 15) is 9.59 Å². The van der Waals surface area contributed by atoms with Crippen LogP contribution in [0.5, 0.6) is 0 Å². The number of carboxylic acid groups (broad SMARTS) is 1. The Balaban J connectivity index is 2.00. The first-order chi connectivity index (χ1) is 10.1. The molecule has 1 unspecified atom stereocenters. The van der Waals surface area contributed by atoms with Gasteiger partial charge in [0.05, 0.1) is 5.88 Å². The number of hydrogen-bond donors (Lipinski definition) is 1. The van der Waals surface area contributed by atoms with Gasteiger partial charge in [-0.2, -0.15) is 0 Å². The Labute approximate surface area is 129 Å². The average molecular weight is 323 g/mol. The van der Waals surface area contributed by atoms with Crippen LogP contribution in [0.2, 0.25) is 5.15 Å². The molecule has 1 atom stereocenters. The summed E-state index contributed by atoms with van der Waals surface area (Å²) in [6.07, 6.45) is 0. The van der Waals surface area contributed by atoms with E-state index >= 15 is 0 Å². The number of benzene rings is 1. The highest BCUT2D eigenvalue weighted by Gasteiger charge is 2.35. The first-order valence-electron chi connectivity index (χ1n) is 6.25. The van der Waals surface area contributed by atoms with Gasteiger partial charge in [0.15, 0.2) is 0 Å². The molecule has 1 aliphatic rings. The Kier molecular flexibility index (Phi) is 3.73. The molecule has 1 N–H and O–H groups in total. The molecule has 21 heavy (non-hydrogen) atoms. The van der Waals surface area contributed by atoms with Gasteiger partial charge in [-0.3, -0.25) is 4.79 Å². The molecule has 1 aromatic heterocycles. The Hall–Kier alpha value is -1.79. The van der Waals surface area contributed by atoms with E-state index in [0.29, 0.717) is 11.6 Å². The van der Waals surface area contributed by atoms with Crippen LogP contribution in [0.15, 0.2) is 30.3 Å². The van der Waals surface area contributed by atoms with Gasteiger partial charge in [0, 0.05) is 11.1 Å². The van der Waals surface area contributed by atoms with Gasteiger partial charge in [-0.05, 0) is 11.5 Å². The van der Waals surface area contributed by atoms with Gasteiger partial charge < -0.3 is 10.0 Å². The monoisotopic (exact) mass is 322 g/mol. The average Bonchev–Trinajstić information content (AvgIpc) is 2.96. The van der Waals surface area contributed by atoms with E-state index < -0.39 is 17.9 Å².